The number of hydrogen-bond donors (Lipinski definition) is 2. The van der Waals surface area contributed by atoms with Crippen molar-refractivity contribution in [1.29, 1.82) is 5.26 Å². The highest BCUT2D eigenvalue weighted by atomic mass is 32.1. The number of carbonyl (C=O) groups excluding carboxylic acids is 2. The Morgan fingerprint density at radius 3 is 2.84 bits per heavy atom. The minimum atomic E-state index is -0.151. The Hall–Kier alpha value is -3.94. The topological polar surface area (TPSA) is 112 Å². The molecule has 2 amide bonds. The largest absolute Gasteiger partial charge is 0.380 e. The number of nitriles is 1. The predicted molar refractivity (Wildman–Crippen MR) is 147 cm³/mol. The summed E-state index contributed by atoms with van der Waals surface area (Å²) < 4.78 is 8.08. The minimum absolute atomic E-state index is 0.0600. The van der Waals surface area contributed by atoms with Crippen molar-refractivity contribution in [2.24, 2.45) is 0 Å². The van der Waals surface area contributed by atoms with E-state index < -0.39 is 0 Å². The molecule has 0 radical (unpaired) electrons. The Bertz CT molecular complexity index is 1600. The molecule has 0 bridgehead atoms. The smallest absolute Gasteiger partial charge is 0.326 e. The van der Waals surface area contributed by atoms with E-state index in [9.17, 15) is 14.9 Å². The summed E-state index contributed by atoms with van der Waals surface area (Å²) in [5.74, 6) is -0.0959. The normalized spacial score (nSPS) is 19.1. The van der Waals surface area contributed by atoms with E-state index in [4.69, 9.17) is 4.74 Å². The van der Waals surface area contributed by atoms with Gasteiger partial charge in [0, 0.05) is 48.7 Å². The second-order valence-electron chi connectivity index (χ2n) is 9.99. The van der Waals surface area contributed by atoms with Crippen molar-refractivity contribution in [1.82, 2.24) is 19.8 Å². The molecule has 2 fully saturated rings. The Morgan fingerprint density at radius 2 is 2.08 bits per heavy atom. The van der Waals surface area contributed by atoms with Gasteiger partial charge < -0.3 is 20.3 Å². The van der Waals surface area contributed by atoms with Crippen molar-refractivity contribution < 1.29 is 14.3 Å². The summed E-state index contributed by atoms with van der Waals surface area (Å²) in [6, 6.07) is 13.9. The van der Waals surface area contributed by atoms with Crippen molar-refractivity contribution in [3.8, 4) is 6.07 Å². The van der Waals surface area contributed by atoms with E-state index in [1.165, 1.54) is 11.3 Å². The van der Waals surface area contributed by atoms with E-state index in [1.807, 2.05) is 43.3 Å². The van der Waals surface area contributed by atoms with Crippen LogP contribution >= 0.6 is 11.3 Å². The molecule has 2 atom stereocenters. The number of fused-ring (bicyclic) bond motifs is 2. The van der Waals surface area contributed by atoms with Gasteiger partial charge in [0.1, 0.15) is 0 Å². The number of methoxy groups -OCH3 is 1. The maximum absolute atomic E-state index is 13.4. The molecule has 10 heteroatoms. The average Bonchev–Trinajstić information content (AvgIpc) is 3.32. The number of likely N-dealkylation sites (tertiary alicyclic amines) is 1. The number of aromatic nitrogens is 2. The first-order valence-electron chi connectivity index (χ1n) is 12.7. The zero-order valence-corrected chi connectivity index (χ0v) is 22.0. The number of amides is 2. The van der Waals surface area contributed by atoms with Crippen molar-refractivity contribution in [3.05, 3.63) is 53.2 Å². The van der Waals surface area contributed by atoms with Crippen molar-refractivity contribution in [2.75, 3.05) is 19.0 Å². The number of carbonyl (C=O) groups is 2. The molecule has 2 aliphatic rings. The van der Waals surface area contributed by atoms with Crippen LogP contribution in [0, 0.1) is 18.3 Å². The summed E-state index contributed by atoms with van der Waals surface area (Å²) in [7, 11) is 1.64. The molecule has 3 aromatic heterocycles. The summed E-state index contributed by atoms with van der Waals surface area (Å²) in [4.78, 5) is 33.0. The maximum Gasteiger partial charge on any atom is 0.326 e. The van der Waals surface area contributed by atoms with Gasteiger partial charge in [0.15, 0.2) is 0 Å². The number of nitrogens with one attached hydrogen (secondary N) is 2. The van der Waals surface area contributed by atoms with Crippen molar-refractivity contribution in [3.63, 3.8) is 0 Å². The number of aryl methyl sites for hydroxylation is 1. The molecule has 9 nitrogen and oxygen atoms in total. The monoisotopic (exact) mass is 528 g/mol. The Balaban J connectivity index is 1.27. The van der Waals surface area contributed by atoms with Crippen LogP contribution in [0.15, 0.2) is 42.6 Å². The quantitative estimate of drug-likeness (QED) is 0.357. The Kier molecular flexibility index (Phi) is 6.26. The molecule has 4 heterocycles. The molecule has 2 N–H and O–H groups in total. The highest BCUT2D eigenvalue weighted by Crippen LogP contribution is 2.35. The highest BCUT2D eigenvalue weighted by Gasteiger charge is 2.36. The van der Waals surface area contributed by atoms with Crippen LogP contribution in [0.3, 0.4) is 0 Å². The van der Waals surface area contributed by atoms with Gasteiger partial charge >= 0.3 is 6.03 Å². The van der Waals surface area contributed by atoms with Crippen LogP contribution in [0.1, 0.15) is 41.0 Å². The molecule has 1 aliphatic heterocycles. The number of hydrogen-bond acceptors (Lipinski definition) is 7. The van der Waals surface area contributed by atoms with Gasteiger partial charge in [-0.05, 0) is 62.6 Å². The SMILES string of the molecule is CO[C@@H]1C[C@@H](CC#N)N(C(=O)c2cc3nccc(Nc4ccc5c(c4)cc(C)n5C(=O)NC4CC4)c3s2)C1. The van der Waals surface area contributed by atoms with Gasteiger partial charge in [-0.2, -0.15) is 5.26 Å². The van der Waals surface area contributed by atoms with Crippen LogP contribution in [0.4, 0.5) is 16.2 Å². The second-order valence-corrected chi connectivity index (χ2v) is 11.0. The first-order valence-corrected chi connectivity index (χ1v) is 13.6. The van der Waals surface area contributed by atoms with Gasteiger partial charge in [0.2, 0.25) is 0 Å². The van der Waals surface area contributed by atoms with Crippen molar-refractivity contribution in [2.45, 2.75) is 50.8 Å². The molecular weight excluding hydrogens is 500 g/mol. The summed E-state index contributed by atoms with van der Waals surface area (Å²) in [5, 5.41) is 16.7. The molecule has 1 aromatic carbocycles. The second kappa shape index (κ2) is 9.74. The third-order valence-corrected chi connectivity index (χ3v) is 8.44. The fourth-order valence-electron chi connectivity index (χ4n) is 5.20. The summed E-state index contributed by atoms with van der Waals surface area (Å²) in [5.41, 5.74) is 4.22. The lowest BCUT2D eigenvalue weighted by Crippen LogP contribution is -2.35. The van der Waals surface area contributed by atoms with E-state index in [0.717, 1.165) is 51.0 Å². The lowest BCUT2D eigenvalue weighted by Gasteiger charge is -2.21. The fourth-order valence-corrected chi connectivity index (χ4v) is 6.24. The third kappa shape index (κ3) is 4.48. The van der Waals surface area contributed by atoms with E-state index >= 15 is 0 Å². The molecule has 0 unspecified atom stereocenters. The number of benzene rings is 1. The molecular formula is C28H28N6O3S. The van der Waals surface area contributed by atoms with E-state index in [-0.39, 0.29) is 30.5 Å². The minimum Gasteiger partial charge on any atom is -0.380 e. The zero-order valence-electron chi connectivity index (χ0n) is 21.2. The van der Waals surface area contributed by atoms with Gasteiger partial charge in [-0.3, -0.25) is 14.3 Å². The van der Waals surface area contributed by atoms with E-state index in [1.54, 1.807) is 22.8 Å². The molecule has 1 aliphatic carbocycles. The van der Waals surface area contributed by atoms with Gasteiger partial charge in [-0.25, -0.2) is 4.79 Å². The standard InChI is InChI=1S/C28H28N6O3S/c1-16-11-17-12-19(5-6-24(17)34(16)28(36)32-18-3-4-18)31-22-8-10-30-23-14-25(38-26(22)23)27(35)33-15-21(37-2)13-20(33)7-9-29/h5-6,8,10-12,14,18,20-21H,3-4,7,13,15H2,1-2H3,(H,30,31)(H,32,36)/t20-,21-/m1/s1. The molecule has 1 saturated carbocycles. The highest BCUT2D eigenvalue weighted by molar-refractivity contribution is 7.21. The first-order chi connectivity index (χ1) is 18.4. The third-order valence-electron chi connectivity index (χ3n) is 7.29. The number of nitrogens with zero attached hydrogens (tertiary/aromatic N) is 4. The van der Waals surface area contributed by atoms with Crippen LogP contribution in [0.25, 0.3) is 21.1 Å². The van der Waals surface area contributed by atoms with Gasteiger partial charge in [0.05, 0.1) is 44.9 Å². The molecule has 194 valence electrons. The van der Waals surface area contributed by atoms with Crippen LogP contribution in [-0.4, -0.2) is 58.2 Å². The summed E-state index contributed by atoms with van der Waals surface area (Å²) >= 11 is 1.40. The van der Waals surface area contributed by atoms with Gasteiger partial charge in [-0.15, -0.1) is 11.3 Å². The van der Waals surface area contributed by atoms with Crippen LogP contribution in [-0.2, 0) is 4.74 Å². The number of rotatable bonds is 6. The summed E-state index contributed by atoms with van der Waals surface area (Å²) in [6.07, 6.45) is 4.70. The number of anilines is 2. The lowest BCUT2D eigenvalue weighted by atomic mass is 10.1. The molecule has 0 spiro atoms. The van der Waals surface area contributed by atoms with Gasteiger partial charge in [0.25, 0.3) is 5.91 Å². The van der Waals surface area contributed by atoms with E-state index in [2.05, 4.69) is 21.7 Å². The number of thiophene rings is 1. The van der Waals surface area contributed by atoms with Crippen molar-refractivity contribution >= 4 is 55.8 Å². The number of pyridine rings is 1. The predicted octanol–water partition coefficient (Wildman–Crippen LogP) is 5.17. The Morgan fingerprint density at radius 1 is 1.24 bits per heavy atom. The molecule has 6 rings (SSSR count). The number of ether oxygens (including phenoxy) is 1. The van der Waals surface area contributed by atoms with Gasteiger partial charge in [-0.1, -0.05) is 0 Å². The van der Waals surface area contributed by atoms with E-state index in [0.29, 0.717) is 23.9 Å². The molecule has 4 aromatic rings. The Labute approximate surface area is 224 Å². The fraction of sp³-hybridized carbons (Fsp3) is 0.357. The summed E-state index contributed by atoms with van der Waals surface area (Å²) in [6.45, 7) is 2.42. The lowest BCUT2D eigenvalue weighted by molar-refractivity contribution is 0.0695. The first kappa shape index (κ1) is 24.4. The zero-order chi connectivity index (χ0) is 26.4. The van der Waals surface area contributed by atoms with Crippen LogP contribution in [0.2, 0.25) is 0 Å². The molecule has 1 saturated heterocycles. The maximum atomic E-state index is 13.4. The average molecular weight is 529 g/mol. The van der Waals surface area contributed by atoms with Crippen LogP contribution < -0.4 is 10.6 Å². The van der Waals surface area contributed by atoms with Crippen LogP contribution in [0.5, 0.6) is 0 Å². The molecule has 38 heavy (non-hydrogen) atoms.